The largest absolute Gasteiger partial charge is 0.474 e. The summed E-state index contributed by atoms with van der Waals surface area (Å²) in [6.45, 7) is 1.03. The third-order valence-electron chi connectivity index (χ3n) is 5.66. The molecule has 2 aliphatic rings. The fourth-order valence-electron chi connectivity index (χ4n) is 4.28. The lowest BCUT2D eigenvalue weighted by Gasteiger charge is -2.43. The number of carbonyl (C=O) groups excluding carboxylic acids is 1. The Morgan fingerprint density at radius 1 is 1.35 bits per heavy atom. The van der Waals surface area contributed by atoms with Gasteiger partial charge in [-0.3, -0.25) is 4.79 Å². The average molecular weight is 356 g/mol. The summed E-state index contributed by atoms with van der Waals surface area (Å²) in [5.74, 6) is 0.738. The summed E-state index contributed by atoms with van der Waals surface area (Å²) in [5.41, 5.74) is -0.255. The molecule has 1 aliphatic carbocycles. The Bertz CT molecular complexity index is 737. The first-order valence-electron chi connectivity index (χ1n) is 9.08. The van der Waals surface area contributed by atoms with E-state index in [1.165, 1.54) is 0 Å². The van der Waals surface area contributed by atoms with E-state index >= 15 is 0 Å². The number of pyridine rings is 1. The highest BCUT2D eigenvalue weighted by Crippen LogP contribution is 2.43. The Balaban J connectivity index is 1.48. The lowest BCUT2D eigenvalue weighted by Crippen LogP contribution is -2.54. The number of nitrogens with zero attached hydrogens (tertiary/aromatic N) is 4. The molecular formula is C19H24N4O3. The van der Waals surface area contributed by atoms with E-state index in [9.17, 15) is 4.79 Å². The van der Waals surface area contributed by atoms with E-state index in [0.29, 0.717) is 12.4 Å². The molecule has 0 aromatic carbocycles. The zero-order valence-electron chi connectivity index (χ0n) is 15.0. The predicted octanol–water partition coefficient (Wildman–Crippen LogP) is 1.90. The Kier molecular flexibility index (Phi) is 4.63. The van der Waals surface area contributed by atoms with Crippen molar-refractivity contribution in [2.75, 3.05) is 13.7 Å². The number of fused-ring (bicyclic) bond motifs is 1. The molecule has 1 saturated carbocycles. The first-order valence-corrected chi connectivity index (χ1v) is 9.08. The molecule has 0 unspecified atom stereocenters. The van der Waals surface area contributed by atoms with Gasteiger partial charge in [-0.25, -0.2) is 9.97 Å². The summed E-state index contributed by atoms with van der Waals surface area (Å²) >= 11 is 0. The summed E-state index contributed by atoms with van der Waals surface area (Å²) in [6.07, 6.45) is 10.4. The van der Waals surface area contributed by atoms with Gasteiger partial charge >= 0.3 is 0 Å². The van der Waals surface area contributed by atoms with Crippen LogP contribution in [0, 0.1) is 0 Å². The van der Waals surface area contributed by atoms with E-state index in [1.54, 1.807) is 30.4 Å². The normalized spacial score (nSPS) is 28.0. The zero-order valence-corrected chi connectivity index (χ0v) is 15.0. The molecule has 1 amide bonds. The van der Waals surface area contributed by atoms with Gasteiger partial charge in [0.15, 0.2) is 0 Å². The maximum Gasteiger partial charge on any atom is 0.242 e. The molecule has 0 N–H and O–H groups in total. The number of imidazole rings is 1. The topological polar surface area (TPSA) is 69.5 Å². The van der Waals surface area contributed by atoms with Crippen LogP contribution in [0.1, 0.15) is 25.7 Å². The number of carbonyl (C=O) groups is 1. The van der Waals surface area contributed by atoms with Crippen LogP contribution >= 0.6 is 0 Å². The third-order valence-corrected chi connectivity index (χ3v) is 5.66. The van der Waals surface area contributed by atoms with Crippen molar-refractivity contribution in [3.8, 4) is 5.88 Å². The van der Waals surface area contributed by atoms with Crippen molar-refractivity contribution in [3.63, 3.8) is 0 Å². The van der Waals surface area contributed by atoms with Crippen LogP contribution in [0.25, 0.3) is 0 Å². The van der Waals surface area contributed by atoms with Crippen molar-refractivity contribution in [3.05, 3.63) is 43.1 Å². The van der Waals surface area contributed by atoms with Crippen LogP contribution in [-0.2, 0) is 16.1 Å². The minimum absolute atomic E-state index is 0.0333. The lowest BCUT2D eigenvalue weighted by atomic mass is 9.79. The van der Waals surface area contributed by atoms with E-state index < -0.39 is 0 Å². The van der Waals surface area contributed by atoms with Crippen LogP contribution in [0.3, 0.4) is 0 Å². The van der Waals surface area contributed by atoms with E-state index in [0.717, 1.165) is 32.2 Å². The number of ether oxygens (including phenoxy) is 2. The first kappa shape index (κ1) is 17.0. The number of hydrogen-bond donors (Lipinski definition) is 0. The minimum Gasteiger partial charge on any atom is -0.474 e. The Labute approximate surface area is 152 Å². The number of rotatable bonds is 5. The van der Waals surface area contributed by atoms with Crippen LogP contribution < -0.4 is 4.74 Å². The molecule has 1 saturated heterocycles. The molecule has 2 fully saturated rings. The fraction of sp³-hybridized carbons (Fsp3) is 0.526. The quantitative estimate of drug-likeness (QED) is 0.818. The Morgan fingerprint density at radius 2 is 2.27 bits per heavy atom. The molecule has 138 valence electrons. The number of amides is 1. The van der Waals surface area contributed by atoms with Crippen LogP contribution in [0.2, 0.25) is 0 Å². The molecule has 2 aromatic rings. The van der Waals surface area contributed by atoms with Gasteiger partial charge in [0.2, 0.25) is 11.8 Å². The van der Waals surface area contributed by atoms with Crippen molar-refractivity contribution >= 4 is 5.91 Å². The van der Waals surface area contributed by atoms with E-state index in [-0.39, 0.29) is 23.7 Å². The van der Waals surface area contributed by atoms with Gasteiger partial charge < -0.3 is 18.9 Å². The standard InChI is InChI=1S/C19H24N4O3/c1-25-19-6-5-15(26-17-4-2-3-8-21-17)12-16(19)23(10-7-19)18(24)13-22-11-9-20-14-22/h2-4,8-9,11,14-16H,5-7,10,12-13H2,1H3/t15-,16+,19-/m1/s1. The van der Waals surface area contributed by atoms with Gasteiger partial charge in [0.25, 0.3) is 0 Å². The molecule has 0 radical (unpaired) electrons. The van der Waals surface area contributed by atoms with E-state index in [2.05, 4.69) is 9.97 Å². The Morgan fingerprint density at radius 3 is 3.00 bits per heavy atom. The average Bonchev–Trinajstić information content (AvgIpc) is 3.30. The number of aromatic nitrogens is 3. The fourth-order valence-corrected chi connectivity index (χ4v) is 4.28. The number of hydrogen-bond acceptors (Lipinski definition) is 5. The van der Waals surface area contributed by atoms with E-state index in [4.69, 9.17) is 9.47 Å². The van der Waals surface area contributed by atoms with Crippen molar-refractivity contribution in [1.29, 1.82) is 0 Å². The molecule has 7 nitrogen and oxygen atoms in total. The molecule has 4 rings (SSSR count). The van der Waals surface area contributed by atoms with E-state index in [1.807, 2.05) is 29.3 Å². The highest BCUT2D eigenvalue weighted by Gasteiger charge is 2.52. The Hall–Kier alpha value is -2.41. The van der Waals surface area contributed by atoms with Crippen molar-refractivity contribution in [1.82, 2.24) is 19.4 Å². The molecule has 0 bridgehead atoms. The van der Waals surface area contributed by atoms with Crippen LogP contribution in [0.4, 0.5) is 0 Å². The maximum absolute atomic E-state index is 12.9. The van der Waals surface area contributed by atoms with Crippen LogP contribution in [-0.4, -0.2) is 56.7 Å². The van der Waals surface area contributed by atoms with Crippen LogP contribution in [0.5, 0.6) is 5.88 Å². The van der Waals surface area contributed by atoms with Gasteiger partial charge in [-0.2, -0.15) is 0 Å². The summed E-state index contributed by atoms with van der Waals surface area (Å²) in [5, 5.41) is 0. The zero-order chi connectivity index (χ0) is 18.0. The van der Waals surface area contributed by atoms with Gasteiger partial charge in [0, 0.05) is 44.7 Å². The van der Waals surface area contributed by atoms with Gasteiger partial charge in [0.05, 0.1) is 18.0 Å². The molecule has 7 heteroatoms. The first-order chi connectivity index (χ1) is 12.7. The molecule has 3 heterocycles. The highest BCUT2D eigenvalue weighted by molar-refractivity contribution is 5.77. The predicted molar refractivity (Wildman–Crippen MR) is 94.6 cm³/mol. The summed E-state index contributed by atoms with van der Waals surface area (Å²) in [7, 11) is 1.76. The molecule has 0 spiro atoms. The van der Waals surface area contributed by atoms with Crippen molar-refractivity contribution < 1.29 is 14.3 Å². The second-order valence-corrected chi connectivity index (χ2v) is 7.04. The second-order valence-electron chi connectivity index (χ2n) is 7.04. The third kappa shape index (κ3) is 3.19. The smallest absolute Gasteiger partial charge is 0.242 e. The van der Waals surface area contributed by atoms with Crippen molar-refractivity contribution in [2.45, 2.75) is 50.0 Å². The van der Waals surface area contributed by atoms with Crippen LogP contribution in [0.15, 0.2) is 43.1 Å². The summed E-state index contributed by atoms with van der Waals surface area (Å²) < 4.78 is 13.8. The minimum atomic E-state index is -0.255. The monoisotopic (exact) mass is 356 g/mol. The maximum atomic E-state index is 12.9. The summed E-state index contributed by atoms with van der Waals surface area (Å²) in [6, 6.07) is 5.69. The summed E-state index contributed by atoms with van der Waals surface area (Å²) in [4.78, 5) is 23.1. The molecule has 1 aliphatic heterocycles. The van der Waals surface area contributed by atoms with Gasteiger partial charge in [-0.15, -0.1) is 0 Å². The number of methoxy groups -OCH3 is 1. The van der Waals surface area contributed by atoms with Gasteiger partial charge in [-0.05, 0) is 25.3 Å². The molecule has 3 atom stereocenters. The van der Waals surface area contributed by atoms with Crippen molar-refractivity contribution in [2.24, 2.45) is 0 Å². The second kappa shape index (κ2) is 7.07. The molecule has 2 aromatic heterocycles. The molecule has 26 heavy (non-hydrogen) atoms. The number of likely N-dealkylation sites (tertiary alicyclic amines) is 1. The highest BCUT2D eigenvalue weighted by atomic mass is 16.5. The SMILES string of the molecule is CO[C@@]12CC[C@@H](Oc3ccccn3)C[C@@H]1N(C(=O)Cn1ccnc1)CC2. The molecular weight excluding hydrogens is 332 g/mol. The van der Waals surface area contributed by atoms with Gasteiger partial charge in [0.1, 0.15) is 12.6 Å². The van der Waals surface area contributed by atoms with Gasteiger partial charge in [-0.1, -0.05) is 6.07 Å². The lowest BCUT2D eigenvalue weighted by molar-refractivity contribution is -0.140.